The second kappa shape index (κ2) is 7.30. The lowest BCUT2D eigenvalue weighted by Gasteiger charge is -2.27. The minimum absolute atomic E-state index is 0.0328. The summed E-state index contributed by atoms with van der Waals surface area (Å²) in [6, 6.07) is 0. The maximum atomic E-state index is 11.3. The zero-order chi connectivity index (χ0) is 12.7. The second-order valence-corrected chi connectivity index (χ2v) is 4.84. The fourth-order valence-corrected chi connectivity index (χ4v) is 2.67. The maximum Gasteiger partial charge on any atom is 0.306 e. The van der Waals surface area contributed by atoms with Crippen molar-refractivity contribution >= 4 is 11.9 Å². The first kappa shape index (κ1) is 14.0. The van der Waals surface area contributed by atoms with Crippen LogP contribution in [0.3, 0.4) is 0 Å². The van der Waals surface area contributed by atoms with Crippen LogP contribution in [-0.2, 0) is 9.59 Å². The Kier molecular flexibility index (Phi) is 6.01. The standard InChI is InChI=1S/C13H23NO3/c1-2-14-12(15)9-8-11(13(16)17)10-6-4-3-5-7-10/h10-11H,2-9H2,1H3,(H,14,15)(H,16,17). The highest BCUT2D eigenvalue weighted by Gasteiger charge is 2.29. The van der Waals surface area contributed by atoms with Gasteiger partial charge in [-0.1, -0.05) is 19.3 Å². The number of carboxylic acids is 1. The van der Waals surface area contributed by atoms with Gasteiger partial charge >= 0.3 is 5.97 Å². The quantitative estimate of drug-likeness (QED) is 0.749. The first-order valence-corrected chi connectivity index (χ1v) is 6.64. The summed E-state index contributed by atoms with van der Waals surface area (Å²) in [5.41, 5.74) is 0. The minimum Gasteiger partial charge on any atom is -0.481 e. The van der Waals surface area contributed by atoms with Gasteiger partial charge in [-0.05, 0) is 32.1 Å². The van der Waals surface area contributed by atoms with Crippen molar-refractivity contribution in [2.24, 2.45) is 11.8 Å². The van der Waals surface area contributed by atoms with Crippen molar-refractivity contribution in [3.63, 3.8) is 0 Å². The molecule has 98 valence electrons. The molecular weight excluding hydrogens is 218 g/mol. The van der Waals surface area contributed by atoms with E-state index in [2.05, 4.69) is 5.32 Å². The lowest BCUT2D eigenvalue weighted by Crippen LogP contribution is -2.29. The number of carbonyl (C=O) groups is 2. The Morgan fingerprint density at radius 1 is 1.29 bits per heavy atom. The van der Waals surface area contributed by atoms with Crippen LogP contribution in [0.25, 0.3) is 0 Å². The number of hydrogen-bond donors (Lipinski definition) is 2. The first-order valence-electron chi connectivity index (χ1n) is 6.64. The van der Waals surface area contributed by atoms with Gasteiger partial charge in [0.2, 0.25) is 5.91 Å². The van der Waals surface area contributed by atoms with Crippen LogP contribution >= 0.6 is 0 Å². The highest BCUT2D eigenvalue weighted by molar-refractivity contribution is 5.77. The van der Waals surface area contributed by atoms with Crippen molar-refractivity contribution in [1.29, 1.82) is 0 Å². The van der Waals surface area contributed by atoms with E-state index in [1.807, 2.05) is 6.92 Å². The summed E-state index contributed by atoms with van der Waals surface area (Å²) < 4.78 is 0. The lowest BCUT2D eigenvalue weighted by atomic mass is 9.78. The van der Waals surface area contributed by atoms with Crippen LogP contribution in [0, 0.1) is 11.8 Å². The highest BCUT2D eigenvalue weighted by atomic mass is 16.4. The van der Waals surface area contributed by atoms with Gasteiger partial charge in [-0.3, -0.25) is 9.59 Å². The number of carboxylic acid groups (broad SMARTS) is 1. The molecule has 0 heterocycles. The molecule has 4 nitrogen and oxygen atoms in total. The zero-order valence-corrected chi connectivity index (χ0v) is 10.6. The predicted molar refractivity (Wildman–Crippen MR) is 65.6 cm³/mol. The monoisotopic (exact) mass is 241 g/mol. The maximum absolute atomic E-state index is 11.3. The van der Waals surface area contributed by atoms with Gasteiger partial charge in [0.05, 0.1) is 5.92 Å². The van der Waals surface area contributed by atoms with Crippen molar-refractivity contribution in [2.75, 3.05) is 6.54 Å². The van der Waals surface area contributed by atoms with Gasteiger partial charge in [0.25, 0.3) is 0 Å². The summed E-state index contributed by atoms with van der Waals surface area (Å²) in [7, 11) is 0. The van der Waals surface area contributed by atoms with E-state index >= 15 is 0 Å². The summed E-state index contributed by atoms with van der Waals surface area (Å²) in [5.74, 6) is -0.829. The molecule has 0 bridgehead atoms. The Hall–Kier alpha value is -1.06. The highest BCUT2D eigenvalue weighted by Crippen LogP contribution is 2.32. The molecule has 1 atom stereocenters. The van der Waals surface area contributed by atoms with Gasteiger partial charge in [-0.15, -0.1) is 0 Å². The Labute approximate surface area is 103 Å². The van der Waals surface area contributed by atoms with Crippen molar-refractivity contribution in [3.8, 4) is 0 Å². The van der Waals surface area contributed by atoms with Crippen molar-refractivity contribution in [1.82, 2.24) is 5.32 Å². The normalized spacial score (nSPS) is 18.6. The third kappa shape index (κ3) is 4.75. The lowest BCUT2D eigenvalue weighted by molar-refractivity contribution is -0.144. The molecule has 0 radical (unpaired) electrons. The first-order chi connectivity index (χ1) is 8.15. The molecule has 1 aliphatic rings. The molecule has 0 saturated heterocycles. The smallest absolute Gasteiger partial charge is 0.306 e. The summed E-state index contributed by atoms with van der Waals surface area (Å²) in [5, 5.41) is 11.9. The van der Waals surface area contributed by atoms with E-state index in [1.165, 1.54) is 6.42 Å². The van der Waals surface area contributed by atoms with Crippen LogP contribution in [0.2, 0.25) is 0 Å². The van der Waals surface area contributed by atoms with Gasteiger partial charge < -0.3 is 10.4 Å². The minimum atomic E-state index is -0.735. The molecule has 1 rings (SSSR count). The van der Waals surface area contributed by atoms with Crippen molar-refractivity contribution < 1.29 is 14.7 Å². The SMILES string of the molecule is CCNC(=O)CCC(C(=O)O)C1CCCCC1. The summed E-state index contributed by atoms with van der Waals surface area (Å²) in [6.45, 7) is 2.48. The number of nitrogens with one attached hydrogen (secondary N) is 1. The number of aliphatic carboxylic acids is 1. The van der Waals surface area contributed by atoms with Crippen LogP contribution in [0.4, 0.5) is 0 Å². The Balaban J connectivity index is 2.42. The molecule has 4 heteroatoms. The summed E-state index contributed by atoms with van der Waals surface area (Å²) in [6.07, 6.45) is 6.32. The largest absolute Gasteiger partial charge is 0.481 e. The molecule has 0 aromatic rings. The van der Waals surface area contributed by atoms with Gasteiger partial charge in [0.1, 0.15) is 0 Å². The molecule has 0 aromatic carbocycles. The van der Waals surface area contributed by atoms with Gasteiger partial charge in [-0.25, -0.2) is 0 Å². The summed E-state index contributed by atoms with van der Waals surface area (Å²) >= 11 is 0. The van der Waals surface area contributed by atoms with E-state index in [-0.39, 0.29) is 17.7 Å². The van der Waals surface area contributed by atoms with Crippen LogP contribution in [0.5, 0.6) is 0 Å². The van der Waals surface area contributed by atoms with E-state index in [9.17, 15) is 14.7 Å². The molecule has 0 spiro atoms. The van der Waals surface area contributed by atoms with Gasteiger partial charge in [0, 0.05) is 13.0 Å². The average Bonchev–Trinajstić information content (AvgIpc) is 2.30. The third-order valence-electron chi connectivity index (χ3n) is 3.59. The zero-order valence-electron chi connectivity index (χ0n) is 10.6. The number of amides is 1. The fourth-order valence-electron chi connectivity index (χ4n) is 2.67. The predicted octanol–water partition coefficient (Wildman–Crippen LogP) is 2.18. The number of hydrogen-bond acceptors (Lipinski definition) is 2. The molecule has 1 unspecified atom stereocenters. The van der Waals surface area contributed by atoms with Crippen LogP contribution in [0.15, 0.2) is 0 Å². The second-order valence-electron chi connectivity index (χ2n) is 4.84. The van der Waals surface area contributed by atoms with Crippen LogP contribution in [0.1, 0.15) is 51.9 Å². The van der Waals surface area contributed by atoms with Gasteiger partial charge in [0.15, 0.2) is 0 Å². The Morgan fingerprint density at radius 3 is 2.47 bits per heavy atom. The van der Waals surface area contributed by atoms with E-state index in [0.29, 0.717) is 19.4 Å². The number of rotatable bonds is 6. The molecule has 1 saturated carbocycles. The van der Waals surface area contributed by atoms with Gasteiger partial charge in [-0.2, -0.15) is 0 Å². The molecule has 0 aliphatic heterocycles. The third-order valence-corrected chi connectivity index (χ3v) is 3.59. The molecule has 17 heavy (non-hydrogen) atoms. The number of carbonyl (C=O) groups excluding carboxylic acids is 1. The van der Waals surface area contributed by atoms with Crippen LogP contribution < -0.4 is 5.32 Å². The molecular formula is C13H23NO3. The summed E-state index contributed by atoms with van der Waals surface area (Å²) in [4.78, 5) is 22.6. The molecule has 1 fully saturated rings. The van der Waals surface area contributed by atoms with Crippen molar-refractivity contribution in [3.05, 3.63) is 0 Å². The average molecular weight is 241 g/mol. The van der Waals surface area contributed by atoms with E-state index in [1.54, 1.807) is 0 Å². The molecule has 1 amide bonds. The topological polar surface area (TPSA) is 66.4 Å². The Bertz CT molecular complexity index is 259. The van der Waals surface area contributed by atoms with Crippen molar-refractivity contribution in [2.45, 2.75) is 51.9 Å². The van der Waals surface area contributed by atoms with E-state index in [0.717, 1.165) is 25.7 Å². The molecule has 1 aliphatic carbocycles. The van der Waals surface area contributed by atoms with E-state index < -0.39 is 5.97 Å². The molecule has 2 N–H and O–H groups in total. The van der Waals surface area contributed by atoms with E-state index in [4.69, 9.17) is 0 Å². The molecule has 0 aromatic heterocycles. The fraction of sp³-hybridized carbons (Fsp3) is 0.846. The Morgan fingerprint density at radius 2 is 1.94 bits per heavy atom. The van der Waals surface area contributed by atoms with Crippen LogP contribution in [-0.4, -0.2) is 23.5 Å².